The molecule has 2 heteroatoms. The monoisotopic (exact) mass is 189 g/mol. The first-order valence-electron chi connectivity index (χ1n) is 5.33. The second kappa shape index (κ2) is 3.37. The van der Waals surface area contributed by atoms with Crippen LogP contribution in [0.4, 0.5) is 0 Å². The van der Waals surface area contributed by atoms with Crippen molar-refractivity contribution in [3.05, 3.63) is 34.9 Å². The molecule has 1 aromatic carbocycles. The summed E-state index contributed by atoms with van der Waals surface area (Å²) in [4.78, 5) is 0. The molecule has 1 N–H and O–H groups in total. The first-order valence-corrected chi connectivity index (χ1v) is 5.33. The van der Waals surface area contributed by atoms with E-state index in [1.165, 1.54) is 29.5 Å². The minimum absolute atomic E-state index is 0.791. The van der Waals surface area contributed by atoms with Crippen molar-refractivity contribution in [2.24, 2.45) is 0 Å². The first kappa shape index (κ1) is 8.45. The predicted octanol–water partition coefficient (Wildman–Crippen LogP) is 1.97. The van der Waals surface area contributed by atoms with Gasteiger partial charge < -0.3 is 10.1 Å². The summed E-state index contributed by atoms with van der Waals surface area (Å²) in [6.45, 7) is 2.61. The highest BCUT2D eigenvalue weighted by Gasteiger charge is 2.20. The van der Waals surface area contributed by atoms with Gasteiger partial charge in [0.1, 0.15) is 0 Å². The molecule has 0 aromatic heterocycles. The molecule has 3 rings (SSSR count). The Hall–Kier alpha value is -0.860. The van der Waals surface area contributed by atoms with Crippen molar-refractivity contribution in [3.8, 4) is 0 Å². The lowest BCUT2D eigenvalue weighted by atomic mass is 10.1. The van der Waals surface area contributed by atoms with Gasteiger partial charge in [-0.25, -0.2) is 0 Å². The van der Waals surface area contributed by atoms with E-state index in [0.29, 0.717) is 0 Å². The Labute approximate surface area is 84.3 Å². The summed E-state index contributed by atoms with van der Waals surface area (Å²) in [6, 6.07) is 7.48. The molecule has 1 aliphatic heterocycles. The minimum Gasteiger partial charge on any atom is -0.372 e. The summed E-state index contributed by atoms with van der Waals surface area (Å²) in [6.07, 6.45) is 2.71. The molecular weight excluding hydrogens is 174 g/mol. The van der Waals surface area contributed by atoms with Crippen molar-refractivity contribution in [2.45, 2.75) is 38.6 Å². The summed E-state index contributed by atoms with van der Waals surface area (Å²) in [5.41, 5.74) is 4.13. The van der Waals surface area contributed by atoms with Crippen molar-refractivity contribution in [1.29, 1.82) is 0 Å². The van der Waals surface area contributed by atoms with E-state index in [9.17, 15) is 0 Å². The van der Waals surface area contributed by atoms with Gasteiger partial charge in [0.15, 0.2) is 0 Å². The first-order chi connectivity index (χ1) is 6.92. The summed E-state index contributed by atoms with van der Waals surface area (Å²) >= 11 is 0. The van der Waals surface area contributed by atoms with Gasteiger partial charge >= 0.3 is 0 Å². The van der Waals surface area contributed by atoms with Gasteiger partial charge in [0.25, 0.3) is 0 Å². The molecule has 0 amide bonds. The third-order valence-corrected chi connectivity index (χ3v) is 2.96. The van der Waals surface area contributed by atoms with E-state index in [1.54, 1.807) is 0 Å². The molecule has 1 fully saturated rings. The summed E-state index contributed by atoms with van der Waals surface area (Å²) < 4.78 is 5.39. The van der Waals surface area contributed by atoms with E-state index in [1.807, 2.05) is 0 Å². The molecule has 0 spiro atoms. The molecule has 2 nitrogen and oxygen atoms in total. The number of hydrogen-bond donors (Lipinski definition) is 1. The third-order valence-electron chi connectivity index (χ3n) is 2.96. The van der Waals surface area contributed by atoms with Gasteiger partial charge in [-0.15, -0.1) is 0 Å². The molecule has 0 unspecified atom stereocenters. The van der Waals surface area contributed by atoms with Crippen LogP contribution in [0.15, 0.2) is 18.2 Å². The van der Waals surface area contributed by atoms with Crippen LogP contribution in [0.25, 0.3) is 0 Å². The van der Waals surface area contributed by atoms with Crippen LogP contribution in [0.2, 0.25) is 0 Å². The van der Waals surface area contributed by atoms with Gasteiger partial charge in [0.05, 0.1) is 13.2 Å². The molecule has 74 valence electrons. The number of benzene rings is 1. The van der Waals surface area contributed by atoms with Crippen molar-refractivity contribution in [3.63, 3.8) is 0 Å². The van der Waals surface area contributed by atoms with Crippen molar-refractivity contribution in [1.82, 2.24) is 5.32 Å². The van der Waals surface area contributed by atoms with Crippen LogP contribution in [0.1, 0.15) is 29.5 Å². The molecule has 0 saturated heterocycles. The van der Waals surface area contributed by atoms with Gasteiger partial charge in [0.2, 0.25) is 0 Å². The number of fused-ring (bicyclic) bond motifs is 1. The number of hydrogen-bond acceptors (Lipinski definition) is 2. The van der Waals surface area contributed by atoms with E-state index < -0.39 is 0 Å². The van der Waals surface area contributed by atoms with Crippen LogP contribution >= 0.6 is 0 Å². The Morgan fingerprint density at radius 2 is 2.07 bits per heavy atom. The van der Waals surface area contributed by atoms with E-state index in [4.69, 9.17) is 4.74 Å². The van der Waals surface area contributed by atoms with Crippen molar-refractivity contribution in [2.75, 3.05) is 0 Å². The maximum atomic E-state index is 5.39. The SMILES string of the molecule is c1cc2c(cc1CNC1CC1)COC2. The zero-order chi connectivity index (χ0) is 9.38. The van der Waals surface area contributed by atoms with Gasteiger partial charge in [-0.1, -0.05) is 18.2 Å². The summed E-state index contributed by atoms with van der Waals surface area (Å²) in [5.74, 6) is 0. The molecular formula is C12H15NO. The lowest BCUT2D eigenvalue weighted by molar-refractivity contribution is 0.134. The van der Waals surface area contributed by atoms with Gasteiger partial charge in [-0.2, -0.15) is 0 Å². The largest absolute Gasteiger partial charge is 0.372 e. The quantitative estimate of drug-likeness (QED) is 0.785. The lowest BCUT2D eigenvalue weighted by Crippen LogP contribution is -2.15. The van der Waals surface area contributed by atoms with Crippen LogP contribution in [-0.2, 0) is 24.5 Å². The van der Waals surface area contributed by atoms with Crippen LogP contribution in [0.5, 0.6) is 0 Å². The average Bonchev–Trinajstić information content (AvgIpc) is 2.92. The maximum absolute atomic E-state index is 5.39. The van der Waals surface area contributed by atoms with E-state index in [2.05, 4.69) is 23.5 Å². The zero-order valence-electron chi connectivity index (χ0n) is 8.25. The molecule has 14 heavy (non-hydrogen) atoms. The second-order valence-corrected chi connectivity index (χ2v) is 4.25. The highest BCUT2D eigenvalue weighted by molar-refractivity contribution is 5.33. The van der Waals surface area contributed by atoms with Crippen LogP contribution in [0, 0.1) is 0 Å². The molecule has 1 aliphatic carbocycles. The topological polar surface area (TPSA) is 21.3 Å². The Kier molecular flexibility index (Phi) is 2.03. The number of rotatable bonds is 3. The highest BCUT2D eigenvalue weighted by Crippen LogP contribution is 2.22. The van der Waals surface area contributed by atoms with Crippen LogP contribution in [0.3, 0.4) is 0 Å². The van der Waals surface area contributed by atoms with Crippen molar-refractivity contribution < 1.29 is 4.74 Å². The number of ether oxygens (including phenoxy) is 1. The van der Waals surface area contributed by atoms with Crippen molar-refractivity contribution >= 4 is 0 Å². The van der Waals surface area contributed by atoms with Gasteiger partial charge in [0, 0.05) is 12.6 Å². The molecule has 1 heterocycles. The van der Waals surface area contributed by atoms with E-state index in [-0.39, 0.29) is 0 Å². The molecule has 0 radical (unpaired) electrons. The van der Waals surface area contributed by atoms with E-state index in [0.717, 1.165) is 25.8 Å². The molecule has 2 aliphatic rings. The van der Waals surface area contributed by atoms with Gasteiger partial charge in [-0.3, -0.25) is 0 Å². The lowest BCUT2D eigenvalue weighted by Gasteiger charge is -2.04. The summed E-state index contributed by atoms with van der Waals surface area (Å²) in [5, 5.41) is 3.52. The smallest absolute Gasteiger partial charge is 0.0725 e. The fourth-order valence-corrected chi connectivity index (χ4v) is 1.88. The fourth-order valence-electron chi connectivity index (χ4n) is 1.88. The molecule has 1 saturated carbocycles. The third kappa shape index (κ3) is 1.68. The summed E-state index contributed by atoms with van der Waals surface area (Å²) in [7, 11) is 0. The molecule has 0 bridgehead atoms. The predicted molar refractivity (Wildman–Crippen MR) is 54.8 cm³/mol. The fraction of sp³-hybridized carbons (Fsp3) is 0.500. The van der Waals surface area contributed by atoms with Gasteiger partial charge in [-0.05, 0) is 29.5 Å². The second-order valence-electron chi connectivity index (χ2n) is 4.25. The normalized spacial score (nSPS) is 19.7. The standard InChI is InChI=1S/C12H15NO/c1-2-10-7-14-8-11(10)5-9(1)6-13-12-3-4-12/h1-2,5,12-13H,3-4,6-8H2. The molecule has 0 atom stereocenters. The minimum atomic E-state index is 0.791. The van der Waals surface area contributed by atoms with E-state index >= 15 is 0 Å². The Morgan fingerprint density at radius 1 is 1.21 bits per heavy atom. The average molecular weight is 189 g/mol. The zero-order valence-corrected chi connectivity index (χ0v) is 8.25. The Bertz CT molecular complexity index is 344. The van der Waals surface area contributed by atoms with Crippen LogP contribution in [-0.4, -0.2) is 6.04 Å². The maximum Gasteiger partial charge on any atom is 0.0725 e. The van der Waals surface area contributed by atoms with Crippen LogP contribution < -0.4 is 5.32 Å². The number of nitrogens with one attached hydrogen (secondary N) is 1. The Balaban J connectivity index is 1.71. The highest BCUT2D eigenvalue weighted by atomic mass is 16.5. The Morgan fingerprint density at radius 3 is 2.93 bits per heavy atom. The molecule has 1 aromatic rings.